The first-order valence-electron chi connectivity index (χ1n) is 5.75. The minimum Gasteiger partial charge on any atom is -0.478 e. The van der Waals surface area contributed by atoms with E-state index in [4.69, 9.17) is 16.7 Å². The molecule has 94 valence electrons. The van der Waals surface area contributed by atoms with Crippen molar-refractivity contribution >= 4 is 17.6 Å². The highest BCUT2D eigenvalue weighted by molar-refractivity contribution is 6.31. The Balaban J connectivity index is 2.69. The largest absolute Gasteiger partial charge is 0.478 e. The fraction of sp³-hybridized carbons (Fsp3) is 0.462. The first kappa shape index (κ1) is 14.0. The average molecular weight is 256 g/mol. The molecule has 4 heteroatoms. The van der Waals surface area contributed by atoms with Crippen LogP contribution in [-0.2, 0) is 6.54 Å². The van der Waals surface area contributed by atoms with Crippen LogP contribution >= 0.6 is 11.6 Å². The Labute approximate surface area is 107 Å². The second-order valence-corrected chi connectivity index (χ2v) is 4.61. The molecule has 1 N–H and O–H groups in total. The quantitative estimate of drug-likeness (QED) is 0.848. The lowest BCUT2D eigenvalue weighted by atomic mass is 10.1. The monoisotopic (exact) mass is 255 g/mol. The van der Waals surface area contributed by atoms with Crippen LogP contribution in [0.1, 0.15) is 35.7 Å². The molecule has 0 fully saturated rings. The van der Waals surface area contributed by atoms with Gasteiger partial charge in [0.25, 0.3) is 0 Å². The zero-order chi connectivity index (χ0) is 12.8. The molecule has 0 spiro atoms. The fourth-order valence-electron chi connectivity index (χ4n) is 1.61. The van der Waals surface area contributed by atoms with Gasteiger partial charge in [-0.25, -0.2) is 4.79 Å². The van der Waals surface area contributed by atoms with E-state index in [1.165, 1.54) is 6.07 Å². The number of carboxylic acids is 1. The Kier molecular flexibility index (Phi) is 5.45. The number of hydrogen-bond acceptors (Lipinski definition) is 2. The lowest BCUT2D eigenvalue weighted by molar-refractivity contribution is 0.0697. The van der Waals surface area contributed by atoms with Crippen molar-refractivity contribution in [3.63, 3.8) is 0 Å². The van der Waals surface area contributed by atoms with Gasteiger partial charge in [-0.05, 0) is 37.7 Å². The van der Waals surface area contributed by atoms with Crippen LogP contribution in [0.5, 0.6) is 0 Å². The number of halogens is 1. The number of hydrogen-bond donors (Lipinski definition) is 1. The van der Waals surface area contributed by atoms with Crippen molar-refractivity contribution < 1.29 is 9.90 Å². The van der Waals surface area contributed by atoms with Gasteiger partial charge in [-0.15, -0.1) is 0 Å². The third-order valence-corrected chi connectivity index (χ3v) is 2.99. The summed E-state index contributed by atoms with van der Waals surface area (Å²) in [5.41, 5.74) is 1.20. The second kappa shape index (κ2) is 6.62. The molecular formula is C13H18ClNO2. The van der Waals surface area contributed by atoms with Crippen LogP contribution in [0.4, 0.5) is 0 Å². The third-order valence-electron chi connectivity index (χ3n) is 2.63. The molecular weight excluding hydrogens is 238 g/mol. The van der Waals surface area contributed by atoms with E-state index in [-0.39, 0.29) is 5.56 Å². The van der Waals surface area contributed by atoms with Crippen LogP contribution in [0, 0.1) is 0 Å². The van der Waals surface area contributed by atoms with Crippen molar-refractivity contribution in [1.29, 1.82) is 0 Å². The van der Waals surface area contributed by atoms with Gasteiger partial charge in [0, 0.05) is 11.6 Å². The summed E-state index contributed by atoms with van der Waals surface area (Å²) in [6, 6.07) is 4.89. The zero-order valence-corrected chi connectivity index (χ0v) is 11.0. The third kappa shape index (κ3) is 4.36. The number of nitrogens with zero attached hydrogens (tertiary/aromatic N) is 1. The zero-order valence-electron chi connectivity index (χ0n) is 10.2. The fourth-order valence-corrected chi connectivity index (χ4v) is 1.85. The molecule has 0 heterocycles. The molecule has 1 aromatic carbocycles. The van der Waals surface area contributed by atoms with Crippen molar-refractivity contribution in [3.8, 4) is 0 Å². The number of unbranched alkanes of at least 4 members (excludes halogenated alkanes) is 1. The molecule has 0 bridgehead atoms. The predicted molar refractivity (Wildman–Crippen MR) is 69.7 cm³/mol. The van der Waals surface area contributed by atoms with E-state index in [1.54, 1.807) is 12.1 Å². The maximum absolute atomic E-state index is 10.8. The SMILES string of the molecule is CCCCN(C)Cc1ccc(C(=O)O)cc1Cl. The number of benzene rings is 1. The number of carbonyl (C=O) groups is 1. The lowest BCUT2D eigenvalue weighted by Gasteiger charge is -2.17. The molecule has 0 aliphatic carbocycles. The van der Waals surface area contributed by atoms with Crippen LogP contribution in [0.2, 0.25) is 5.02 Å². The van der Waals surface area contributed by atoms with Crippen molar-refractivity contribution in [3.05, 3.63) is 34.3 Å². The minimum absolute atomic E-state index is 0.231. The molecule has 3 nitrogen and oxygen atoms in total. The Hall–Kier alpha value is -1.06. The summed E-state index contributed by atoms with van der Waals surface area (Å²) < 4.78 is 0. The van der Waals surface area contributed by atoms with E-state index in [2.05, 4.69) is 11.8 Å². The van der Waals surface area contributed by atoms with E-state index < -0.39 is 5.97 Å². The summed E-state index contributed by atoms with van der Waals surface area (Å²) in [6.45, 7) is 3.93. The molecule has 0 aromatic heterocycles. The van der Waals surface area contributed by atoms with E-state index in [9.17, 15) is 4.79 Å². The molecule has 1 aromatic rings. The Bertz CT molecular complexity index is 393. The van der Waals surface area contributed by atoms with Crippen molar-refractivity contribution in [2.24, 2.45) is 0 Å². The summed E-state index contributed by atoms with van der Waals surface area (Å²) in [4.78, 5) is 12.9. The molecule has 0 radical (unpaired) electrons. The average Bonchev–Trinajstić information content (AvgIpc) is 2.28. The number of aromatic carboxylic acids is 1. The highest BCUT2D eigenvalue weighted by Crippen LogP contribution is 2.19. The first-order valence-corrected chi connectivity index (χ1v) is 6.12. The van der Waals surface area contributed by atoms with Gasteiger partial charge in [0.05, 0.1) is 5.56 Å². The van der Waals surface area contributed by atoms with Gasteiger partial charge >= 0.3 is 5.97 Å². The van der Waals surface area contributed by atoms with Crippen LogP contribution in [0.15, 0.2) is 18.2 Å². The molecule has 0 unspecified atom stereocenters. The second-order valence-electron chi connectivity index (χ2n) is 4.20. The summed E-state index contributed by atoms with van der Waals surface area (Å²) in [6.07, 6.45) is 2.32. The maximum atomic E-state index is 10.8. The van der Waals surface area contributed by atoms with E-state index in [1.807, 2.05) is 7.05 Å². The molecule has 0 aliphatic rings. The molecule has 0 amide bonds. The normalized spacial score (nSPS) is 10.8. The molecule has 1 rings (SSSR count). The van der Waals surface area contributed by atoms with Crippen molar-refractivity contribution in [1.82, 2.24) is 4.90 Å². The highest BCUT2D eigenvalue weighted by Gasteiger charge is 2.08. The van der Waals surface area contributed by atoms with Gasteiger partial charge in [-0.1, -0.05) is 31.0 Å². The van der Waals surface area contributed by atoms with Gasteiger partial charge in [-0.2, -0.15) is 0 Å². The Morgan fingerprint density at radius 3 is 2.71 bits per heavy atom. The summed E-state index contributed by atoms with van der Waals surface area (Å²) in [5.74, 6) is -0.946. The van der Waals surface area contributed by atoms with E-state index in [0.717, 1.165) is 31.5 Å². The van der Waals surface area contributed by atoms with Gasteiger partial charge < -0.3 is 10.0 Å². The van der Waals surface area contributed by atoms with Crippen LogP contribution in [-0.4, -0.2) is 29.6 Å². The Morgan fingerprint density at radius 2 is 2.18 bits per heavy atom. The van der Waals surface area contributed by atoms with Crippen LogP contribution in [0.25, 0.3) is 0 Å². The van der Waals surface area contributed by atoms with Crippen LogP contribution < -0.4 is 0 Å². The number of carboxylic acid groups (broad SMARTS) is 1. The Morgan fingerprint density at radius 1 is 1.47 bits per heavy atom. The topological polar surface area (TPSA) is 40.5 Å². The molecule has 0 aliphatic heterocycles. The van der Waals surface area contributed by atoms with Crippen molar-refractivity contribution in [2.45, 2.75) is 26.3 Å². The van der Waals surface area contributed by atoms with Crippen molar-refractivity contribution in [2.75, 3.05) is 13.6 Å². The minimum atomic E-state index is -0.946. The van der Waals surface area contributed by atoms with Gasteiger partial charge in [-0.3, -0.25) is 0 Å². The maximum Gasteiger partial charge on any atom is 0.335 e. The number of rotatable bonds is 6. The van der Waals surface area contributed by atoms with Gasteiger partial charge in [0.1, 0.15) is 0 Å². The first-order chi connectivity index (χ1) is 8.04. The summed E-state index contributed by atoms with van der Waals surface area (Å²) in [7, 11) is 2.04. The molecule has 0 atom stereocenters. The predicted octanol–water partition coefficient (Wildman–Crippen LogP) is 3.27. The molecule has 0 saturated heterocycles. The van der Waals surface area contributed by atoms with Gasteiger partial charge in [0.15, 0.2) is 0 Å². The lowest BCUT2D eigenvalue weighted by Crippen LogP contribution is -2.19. The van der Waals surface area contributed by atoms with E-state index in [0.29, 0.717) is 5.02 Å². The highest BCUT2D eigenvalue weighted by atomic mass is 35.5. The van der Waals surface area contributed by atoms with Gasteiger partial charge in [0.2, 0.25) is 0 Å². The van der Waals surface area contributed by atoms with Crippen LogP contribution in [0.3, 0.4) is 0 Å². The summed E-state index contributed by atoms with van der Waals surface area (Å²) in [5, 5.41) is 9.35. The standard InChI is InChI=1S/C13H18ClNO2/c1-3-4-7-15(2)9-11-6-5-10(13(16)17)8-12(11)14/h5-6,8H,3-4,7,9H2,1-2H3,(H,16,17). The molecule has 17 heavy (non-hydrogen) atoms. The smallest absolute Gasteiger partial charge is 0.335 e. The molecule has 0 saturated carbocycles. The summed E-state index contributed by atoms with van der Waals surface area (Å²) >= 11 is 6.06. The van der Waals surface area contributed by atoms with E-state index >= 15 is 0 Å².